The van der Waals surface area contributed by atoms with E-state index in [1.807, 2.05) is 18.2 Å². The van der Waals surface area contributed by atoms with Gasteiger partial charge in [0.1, 0.15) is 5.82 Å². The number of H-pyrrole nitrogens is 1. The Morgan fingerprint density at radius 3 is 3.00 bits per heavy atom. The number of aromatic amines is 1. The lowest BCUT2D eigenvalue weighted by atomic mass is 10.2. The molecule has 3 rings (SSSR count). The number of carbonyl (C=O) groups is 1. The lowest BCUT2D eigenvalue weighted by molar-refractivity contribution is -0.120. The van der Waals surface area contributed by atoms with Gasteiger partial charge in [-0.2, -0.15) is 11.8 Å². The number of aromatic nitrogens is 2. The average Bonchev–Trinajstić information content (AvgIpc) is 3.42. The number of nitrogens with zero attached hydrogens (tertiary/aromatic N) is 1. The van der Waals surface area contributed by atoms with E-state index in [1.54, 1.807) is 17.8 Å². The van der Waals surface area contributed by atoms with E-state index < -0.39 is 0 Å². The summed E-state index contributed by atoms with van der Waals surface area (Å²) in [6, 6.07) is 7.36. The number of nitrogens with two attached hydrogens (primary N) is 1. The molecule has 1 aromatic heterocycles. The minimum absolute atomic E-state index is 0.0264. The molecular formula is C17H22N4O2S. The van der Waals surface area contributed by atoms with Crippen LogP contribution in [0.1, 0.15) is 25.1 Å². The Morgan fingerprint density at radius 2 is 2.21 bits per heavy atom. The second kappa shape index (κ2) is 7.81. The first-order chi connectivity index (χ1) is 11.6. The first-order valence-electron chi connectivity index (χ1n) is 8.21. The maximum Gasteiger partial charge on any atom is 0.258 e. The number of thioether (sulfide) groups is 1. The van der Waals surface area contributed by atoms with Gasteiger partial charge in [0.15, 0.2) is 0 Å². The van der Waals surface area contributed by atoms with Crippen LogP contribution in [0.3, 0.4) is 0 Å². The van der Waals surface area contributed by atoms with Gasteiger partial charge < -0.3 is 16.0 Å². The maximum absolute atomic E-state index is 12.0. The molecule has 0 spiro atoms. The molecule has 1 fully saturated rings. The van der Waals surface area contributed by atoms with Crippen LogP contribution in [0.4, 0.5) is 0 Å². The van der Waals surface area contributed by atoms with E-state index in [4.69, 9.17) is 5.73 Å². The van der Waals surface area contributed by atoms with Crippen molar-refractivity contribution in [3.05, 3.63) is 40.4 Å². The average molecular weight is 346 g/mol. The Labute approximate surface area is 144 Å². The molecule has 1 aliphatic carbocycles. The zero-order chi connectivity index (χ0) is 16.9. The van der Waals surface area contributed by atoms with Crippen molar-refractivity contribution in [2.45, 2.75) is 31.1 Å². The van der Waals surface area contributed by atoms with Crippen LogP contribution < -0.4 is 16.6 Å². The van der Waals surface area contributed by atoms with Crippen LogP contribution in [-0.2, 0) is 10.5 Å². The van der Waals surface area contributed by atoms with Crippen molar-refractivity contribution in [2.75, 3.05) is 12.3 Å². The van der Waals surface area contributed by atoms with Crippen LogP contribution in [0.5, 0.6) is 0 Å². The summed E-state index contributed by atoms with van der Waals surface area (Å²) in [5.74, 6) is 2.52. The summed E-state index contributed by atoms with van der Waals surface area (Å²) in [4.78, 5) is 31.0. The molecule has 2 aromatic rings. The van der Waals surface area contributed by atoms with Gasteiger partial charge in [0.25, 0.3) is 5.56 Å². The fraction of sp³-hybridized carbons (Fsp3) is 0.471. The maximum atomic E-state index is 12.0. The first-order valence-corrected chi connectivity index (χ1v) is 9.37. The number of rotatable bonds is 8. The van der Waals surface area contributed by atoms with E-state index >= 15 is 0 Å². The van der Waals surface area contributed by atoms with Crippen molar-refractivity contribution in [1.82, 2.24) is 15.3 Å². The Balaban J connectivity index is 1.41. The number of amides is 1. The van der Waals surface area contributed by atoms with Gasteiger partial charge in [-0.15, -0.1) is 0 Å². The molecule has 7 heteroatoms. The highest BCUT2D eigenvalue weighted by molar-refractivity contribution is 7.98. The summed E-state index contributed by atoms with van der Waals surface area (Å²) >= 11 is 1.58. The highest BCUT2D eigenvalue weighted by Crippen LogP contribution is 2.31. The van der Waals surface area contributed by atoms with Crippen LogP contribution in [0.25, 0.3) is 10.9 Å². The van der Waals surface area contributed by atoms with Crippen LogP contribution in [0, 0.1) is 5.92 Å². The molecule has 24 heavy (non-hydrogen) atoms. The van der Waals surface area contributed by atoms with E-state index in [-0.39, 0.29) is 17.5 Å². The summed E-state index contributed by atoms with van der Waals surface area (Å²) in [6.07, 6.45) is 2.81. The molecule has 128 valence electrons. The quantitative estimate of drug-likeness (QED) is 0.627. The van der Waals surface area contributed by atoms with Crippen molar-refractivity contribution >= 4 is 28.6 Å². The highest BCUT2D eigenvalue weighted by atomic mass is 32.2. The molecule has 1 unspecified atom stereocenters. The van der Waals surface area contributed by atoms with Gasteiger partial charge in [0.05, 0.1) is 16.7 Å². The number of para-hydroxylation sites is 1. The third kappa shape index (κ3) is 4.58. The molecule has 1 heterocycles. The number of hydrogen-bond donors (Lipinski definition) is 3. The van der Waals surface area contributed by atoms with Crippen molar-refractivity contribution < 1.29 is 4.79 Å². The summed E-state index contributed by atoms with van der Waals surface area (Å²) in [6.45, 7) is 0.563. The lowest BCUT2D eigenvalue weighted by Gasteiger charge is -2.11. The molecular weight excluding hydrogens is 324 g/mol. The largest absolute Gasteiger partial charge is 0.355 e. The van der Waals surface area contributed by atoms with Crippen molar-refractivity contribution in [1.29, 1.82) is 0 Å². The van der Waals surface area contributed by atoms with Gasteiger partial charge in [-0.25, -0.2) is 4.98 Å². The highest BCUT2D eigenvalue weighted by Gasteiger charge is 2.28. The number of fused-ring (bicyclic) bond motifs is 1. The zero-order valence-corrected chi connectivity index (χ0v) is 14.3. The van der Waals surface area contributed by atoms with Crippen LogP contribution in [0.15, 0.2) is 29.1 Å². The molecule has 6 nitrogen and oxygen atoms in total. The van der Waals surface area contributed by atoms with E-state index in [0.29, 0.717) is 47.1 Å². The van der Waals surface area contributed by atoms with E-state index in [0.717, 1.165) is 0 Å². The molecule has 0 saturated heterocycles. The fourth-order valence-corrected chi connectivity index (χ4v) is 3.35. The molecule has 1 aliphatic rings. The standard InChI is InChI=1S/C17H22N4O2S/c18-13(11-5-6-11)9-19-16(22)7-8-24-10-15-20-14-4-2-1-3-12(14)17(23)21-15/h1-4,11,13H,5-10,18H2,(H,19,22)(H,20,21,23). The summed E-state index contributed by atoms with van der Waals surface area (Å²) < 4.78 is 0. The molecule has 1 aromatic carbocycles. The van der Waals surface area contributed by atoms with Gasteiger partial charge in [0, 0.05) is 24.8 Å². The number of nitrogens with one attached hydrogen (secondary N) is 2. The van der Waals surface area contributed by atoms with Crippen LogP contribution in [-0.4, -0.2) is 34.2 Å². The predicted molar refractivity (Wildman–Crippen MR) is 96.9 cm³/mol. The third-order valence-electron chi connectivity index (χ3n) is 4.14. The van der Waals surface area contributed by atoms with Gasteiger partial charge in [0.2, 0.25) is 5.91 Å². The predicted octanol–water partition coefficient (Wildman–Crippen LogP) is 1.40. The van der Waals surface area contributed by atoms with E-state index in [1.165, 1.54) is 12.8 Å². The Hall–Kier alpha value is -1.86. The molecule has 0 aliphatic heterocycles. The molecule has 0 bridgehead atoms. The molecule has 4 N–H and O–H groups in total. The molecule has 0 radical (unpaired) electrons. The van der Waals surface area contributed by atoms with Crippen LogP contribution >= 0.6 is 11.8 Å². The third-order valence-corrected chi connectivity index (χ3v) is 5.11. The smallest absolute Gasteiger partial charge is 0.258 e. The molecule has 1 amide bonds. The number of benzene rings is 1. The fourth-order valence-electron chi connectivity index (χ4n) is 2.55. The molecule has 1 saturated carbocycles. The minimum atomic E-state index is -0.122. The van der Waals surface area contributed by atoms with Gasteiger partial charge >= 0.3 is 0 Å². The zero-order valence-electron chi connectivity index (χ0n) is 13.5. The normalized spacial score (nSPS) is 15.4. The van der Waals surface area contributed by atoms with Crippen molar-refractivity contribution in [3.8, 4) is 0 Å². The second-order valence-electron chi connectivity index (χ2n) is 6.14. The van der Waals surface area contributed by atoms with Crippen molar-refractivity contribution in [3.63, 3.8) is 0 Å². The van der Waals surface area contributed by atoms with Gasteiger partial charge in [-0.05, 0) is 30.9 Å². The van der Waals surface area contributed by atoms with E-state index in [9.17, 15) is 9.59 Å². The Kier molecular flexibility index (Phi) is 5.52. The number of carbonyl (C=O) groups excluding carboxylic acids is 1. The second-order valence-corrected chi connectivity index (χ2v) is 7.24. The summed E-state index contributed by atoms with van der Waals surface area (Å²) in [5.41, 5.74) is 6.53. The number of hydrogen-bond acceptors (Lipinski definition) is 5. The minimum Gasteiger partial charge on any atom is -0.355 e. The summed E-state index contributed by atoms with van der Waals surface area (Å²) in [7, 11) is 0. The Bertz CT molecular complexity index is 773. The first kappa shape index (κ1) is 17.0. The van der Waals surface area contributed by atoms with Crippen LogP contribution in [0.2, 0.25) is 0 Å². The topological polar surface area (TPSA) is 101 Å². The molecule has 1 atom stereocenters. The Morgan fingerprint density at radius 1 is 1.42 bits per heavy atom. The van der Waals surface area contributed by atoms with E-state index in [2.05, 4.69) is 15.3 Å². The monoisotopic (exact) mass is 346 g/mol. The van der Waals surface area contributed by atoms with Gasteiger partial charge in [-0.1, -0.05) is 12.1 Å². The SMILES string of the molecule is NC(CNC(=O)CCSCc1nc2ccccc2c(=O)[nH]1)C1CC1. The van der Waals surface area contributed by atoms with Crippen molar-refractivity contribution in [2.24, 2.45) is 11.7 Å². The summed E-state index contributed by atoms with van der Waals surface area (Å²) in [5, 5.41) is 3.48. The van der Waals surface area contributed by atoms with Gasteiger partial charge in [-0.3, -0.25) is 9.59 Å². The lowest BCUT2D eigenvalue weighted by Crippen LogP contribution is -2.38.